The SMILES string of the molecule is CCC1O[C@@H](OCc2ccccc2)C(OC(=O)c2ccccc2)[C@@H](C)[C@@H]1O[C@@H]1OC(COC(=O)c2ccccc2)[C@H](O)[C@H](O[C@@H]2OC(CO)[C@@H](O[C@@H]3OC(CO)[C@@H]4OC(C)(C)O[C@@H]4C3O)[C@H](O)C2NC(C)=O)C1OC(=O)c1ccccc1. The second-order valence-corrected chi connectivity index (χ2v) is 21.1. The molecule has 444 valence electrons. The molecule has 5 saturated heterocycles. The highest BCUT2D eigenvalue weighted by Gasteiger charge is 2.59. The number of benzene rings is 4. The van der Waals surface area contributed by atoms with E-state index in [2.05, 4.69) is 5.32 Å². The molecule has 0 aliphatic carbocycles. The van der Waals surface area contributed by atoms with Gasteiger partial charge in [-0.2, -0.15) is 0 Å². The number of carbonyl (C=O) groups excluding carboxylic acids is 4. The number of hydrogen-bond donors (Lipinski definition) is 6. The number of aliphatic hydroxyl groups is 5. The van der Waals surface area contributed by atoms with Gasteiger partial charge in [-0.25, -0.2) is 14.4 Å². The van der Waals surface area contributed by atoms with E-state index in [9.17, 15) is 44.7 Å². The van der Waals surface area contributed by atoms with Gasteiger partial charge in [-0.3, -0.25) is 4.79 Å². The summed E-state index contributed by atoms with van der Waals surface area (Å²) in [6.45, 7) is 5.93. The van der Waals surface area contributed by atoms with E-state index in [-0.39, 0.29) is 29.7 Å². The zero-order valence-electron chi connectivity index (χ0n) is 45.8. The second kappa shape index (κ2) is 27.3. The third-order valence-corrected chi connectivity index (χ3v) is 14.9. The molecule has 0 aromatic heterocycles. The minimum Gasteiger partial charge on any atom is -0.459 e. The summed E-state index contributed by atoms with van der Waals surface area (Å²) in [6, 6.07) is 31.8. The molecular formula is C59H71NO22. The number of fused-ring (bicyclic) bond motifs is 1. The maximum absolute atomic E-state index is 14.4. The summed E-state index contributed by atoms with van der Waals surface area (Å²) in [7, 11) is 0. The van der Waals surface area contributed by atoms with Crippen molar-refractivity contribution in [3.8, 4) is 0 Å². The van der Waals surface area contributed by atoms with Crippen molar-refractivity contribution < 1.29 is 106 Å². The molecule has 0 spiro atoms. The van der Waals surface area contributed by atoms with Crippen LogP contribution in [0.3, 0.4) is 0 Å². The summed E-state index contributed by atoms with van der Waals surface area (Å²) in [5.41, 5.74) is 1.29. The Labute approximate surface area is 473 Å². The van der Waals surface area contributed by atoms with Crippen LogP contribution in [0.25, 0.3) is 0 Å². The van der Waals surface area contributed by atoms with Crippen molar-refractivity contribution in [1.29, 1.82) is 0 Å². The van der Waals surface area contributed by atoms with Gasteiger partial charge in [0, 0.05) is 12.8 Å². The van der Waals surface area contributed by atoms with Crippen LogP contribution < -0.4 is 5.32 Å². The van der Waals surface area contributed by atoms with Crippen LogP contribution in [-0.4, -0.2) is 192 Å². The van der Waals surface area contributed by atoms with E-state index in [0.29, 0.717) is 0 Å². The first kappa shape index (κ1) is 60.7. The zero-order chi connectivity index (χ0) is 58.2. The topological polar surface area (TPSA) is 301 Å². The predicted molar refractivity (Wildman–Crippen MR) is 282 cm³/mol. The summed E-state index contributed by atoms with van der Waals surface area (Å²) < 4.78 is 81.7. The molecule has 1 amide bonds. The maximum Gasteiger partial charge on any atom is 0.338 e. The lowest BCUT2D eigenvalue weighted by atomic mass is 9.88. The number of aliphatic hydroxyl groups excluding tert-OH is 5. The molecule has 5 aliphatic rings. The summed E-state index contributed by atoms with van der Waals surface area (Å²) in [5.74, 6) is -5.11. The molecule has 0 bridgehead atoms. The Balaban J connectivity index is 1.06. The second-order valence-electron chi connectivity index (χ2n) is 21.1. The first-order valence-corrected chi connectivity index (χ1v) is 27.3. The first-order chi connectivity index (χ1) is 39.5. The van der Waals surface area contributed by atoms with Gasteiger partial charge in [0.15, 0.2) is 43.2 Å². The standard InChI is InChI=1S/C59H71NO22/c1-6-37-45(31(2)46(76-53(68)35-23-15-9-16-24-35)57(72-37)71-29-33-19-11-7-12-20-33)78-58-51(77-54(69)36-25-17-10-18-26-36)49(42(64)40(75-58)30-70-52(67)34-21-13-8-14-22-34)80-55-41(60-32(3)63)43(65)47(38(27-61)73-55)79-56-44(66)50-48(39(28-62)74-56)81-59(4,5)82-50/h7-26,31,37-51,55-58,61-62,64-66H,6,27-30H2,1-5H3,(H,60,63)/t31-,37?,38?,39?,40?,41?,42-,43+,44?,45-,46?,47+,48-,49-,50+,51?,55-,56-,57+,58-/m0/s1. The van der Waals surface area contributed by atoms with Gasteiger partial charge >= 0.3 is 17.9 Å². The van der Waals surface area contributed by atoms with Crippen LogP contribution >= 0.6 is 0 Å². The Morgan fingerprint density at radius 3 is 1.61 bits per heavy atom. The fourth-order valence-electron chi connectivity index (χ4n) is 10.8. The number of rotatable bonds is 20. The summed E-state index contributed by atoms with van der Waals surface area (Å²) in [6.07, 6.45) is -25.9. The summed E-state index contributed by atoms with van der Waals surface area (Å²) >= 11 is 0. The van der Waals surface area contributed by atoms with Crippen molar-refractivity contribution in [2.75, 3.05) is 19.8 Å². The summed E-state index contributed by atoms with van der Waals surface area (Å²) in [4.78, 5) is 54.9. The van der Waals surface area contributed by atoms with Crippen LogP contribution in [0.4, 0.5) is 0 Å². The Morgan fingerprint density at radius 2 is 1.04 bits per heavy atom. The largest absolute Gasteiger partial charge is 0.459 e. The van der Waals surface area contributed by atoms with Crippen LogP contribution in [0.15, 0.2) is 121 Å². The van der Waals surface area contributed by atoms with Crippen molar-refractivity contribution in [1.82, 2.24) is 5.32 Å². The highest BCUT2D eigenvalue weighted by molar-refractivity contribution is 5.90. The lowest BCUT2D eigenvalue weighted by Crippen LogP contribution is -2.70. The Hall–Kier alpha value is -5.84. The molecule has 5 fully saturated rings. The van der Waals surface area contributed by atoms with Crippen molar-refractivity contribution in [3.05, 3.63) is 144 Å². The molecule has 9 rings (SSSR count). The predicted octanol–water partition coefficient (Wildman–Crippen LogP) is 2.70. The minimum atomic E-state index is -1.92. The van der Waals surface area contributed by atoms with E-state index in [1.165, 1.54) is 24.3 Å². The van der Waals surface area contributed by atoms with Crippen LogP contribution in [0.5, 0.6) is 0 Å². The number of carbonyl (C=O) groups is 4. The monoisotopic (exact) mass is 1150 g/mol. The average molecular weight is 1150 g/mol. The van der Waals surface area contributed by atoms with E-state index < -0.39 is 172 Å². The van der Waals surface area contributed by atoms with E-state index in [1.54, 1.807) is 87.5 Å². The molecule has 23 nitrogen and oxygen atoms in total. The van der Waals surface area contributed by atoms with Crippen molar-refractivity contribution in [3.63, 3.8) is 0 Å². The van der Waals surface area contributed by atoms with Gasteiger partial charge in [0.25, 0.3) is 0 Å². The van der Waals surface area contributed by atoms with Gasteiger partial charge in [-0.05, 0) is 62.2 Å². The van der Waals surface area contributed by atoms with Crippen LogP contribution in [0.1, 0.15) is 77.7 Å². The highest BCUT2D eigenvalue weighted by Crippen LogP contribution is 2.41. The lowest BCUT2D eigenvalue weighted by molar-refractivity contribution is -0.376. The molecule has 8 unspecified atom stereocenters. The first-order valence-electron chi connectivity index (χ1n) is 27.3. The van der Waals surface area contributed by atoms with E-state index in [1.807, 2.05) is 37.3 Å². The molecule has 6 N–H and O–H groups in total. The minimum absolute atomic E-state index is 0.0568. The highest BCUT2D eigenvalue weighted by atomic mass is 16.8. The van der Waals surface area contributed by atoms with E-state index in [4.69, 9.17) is 61.6 Å². The van der Waals surface area contributed by atoms with E-state index in [0.717, 1.165) is 12.5 Å². The van der Waals surface area contributed by atoms with Gasteiger partial charge < -0.3 is 92.4 Å². The Morgan fingerprint density at radius 1 is 0.537 bits per heavy atom. The molecule has 82 heavy (non-hydrogen) atoms. The van der Waals surface area contributed by atoms with Gasteiger partial charge in [0.2, 0.25) is 5.91 Å². The van der Waals surface area contributed by atoms with Gasteiger partial charge in [0.1, 0.15) is 73.7 Å². The molecule has 0 saturated carbocycles. The number of nitrogens with one attached hydrogen (secondary N) is 1. The molecule has 5 heterocycles. The maximum atomic E-state index is 14.4. The quantitative estimate of drug-likeness (QED) is 0.0548. The van der Waals surface area contributed by atoms with E-state index >= 15 is 0 Å². The smallest absolute Gasteiger partial charge is 0.338 e. The Bertz CT molecular complexity index is 2710. The van der Waals surface area contributed by atoms with Gasteiger partial charge in [-0.15, -0.1) is 0 Å². The summed E-state index contributed by atoms with van der Waals surface area (Å²) in [5, 5.41) is 60.2. The molecule has 23 heteroatoms. The molecule has 0 radical (unpaired) electrons. The zero-order valence-corrected chi connectivity index (χ0v) is 45.8. The number of ether oxygens (including phenoxy) is 13. The van der Waals surface area contributed by atoms with Gasteiger partial charge in [-0.1, -0.05) is 98.8 Å². The van der Waals surface area contributed by atoms with Crippen molar-refractivity contribution >= 4 is 23.8 Å². The fourth-order valence-corrected chi connectivity index (χ4v) is 10.8. The van der Waals surface area contributed by atoms with Crippen LogP contribution in [0, 0.1) is 5.92 Å². The molecule has 5 aliphatic heterocycles. The Kier molecular flexibility index (Phi) is 20.2. The third-order valence-electron chi connectivity index (χ3n) is 14.9. The fraction of sp³-hybridized carbons (Fsp3) is 0.525. The molecule has 20 atom stereocenters. The van der Waals surface area contributed by atoms with Crippen molar-refractivity contribution in [2.45, 2.75) is 170 Å². The van der Waals surface area contributed by atoms with Crippen molar-refractivity contribution in [2.24, 2.45) is 5.92 Å². The lowest BCUT2D eigenvalue weighted by Gasteiger charge is -2.50. The normalized spacial score (nSPS) is 35.1. The third kappa shape index (κ3) is 14.0. The van der Waals surface area contributed by atoms with Crippen LogP contribution in [0.2, 0.25) is 0 Å². The molecular weight excluding hydrogens is 1070 g/mol. The number of esters is 3. The average Bonchev–Trinajstić information content (AvgIpc) is 3.89. The van der Waals surface area contributed by atoms with Crippen LogP contribution in [-0.2, 0) is 73.0 Å². The number of amides is 1. The molecule has 4 aromatic rings. The van der Waals surface area contributed by atoms with Gasteiger partial charge in [0.05, 0.1) is 48.7 Å². The number of hydrogen-bond acceptors (Lipinski definition) is 22. The molecule has 4 aromatic carbocycles.